The highest BCUT2D eigenvalue weighted by atomic mass is 16.5. The number of amides is 1. The molecule has 34 heavy (non-hydrogen) atoms. The Labute approximate surface area is 197 Å². The smallest absolute Gasteiger partial charge is 0.326 e. The molecule has 0 aliphatic heterocycles. The fourth-order valence-electron chi connectivity index (χ4n) is 4.27. The molecule has 1 amide bonds. The fraction of sp³-hybridized carbons (Fsp3) is 0.259. The Morgan fingerprint density at radius 3 is 2.74 bits per heavy atom. The standard InChI is InChI=1S/C27H28N2O5/c1-5-33-25-17(4)26-21(16(3)14-34-26)12-20(25)15(2)10-24(30)29-23(27(31)32)11-18-13-28-22-9-7-6-8-19(18)22/h6-10,12-14,23,28H,5,11H2,1-4H3,(H,29,30)(H,31,32)/b15-10+. The first kappa shape index (κ1) is 23.2. The van der Waals surface area contributed by atoms with Gasteiger partial charge in [0, 0.05) is 46.1 Å². The van der Waals surface area contributed by atoms with E-state index in [0.29, 0.717) is 17.9 Å². The Kier molecular flexibility index (Phi) is 6.45. The summed E-state index contributed by atoms with van der Waals surface area (Å²) in [6.45, 7) is 8.06. The second-order valence-electron chi connectivity index (χ2n) is 8.40. The van der Waals surface area contributed by atoms with Crippen molar-refractivity contribution >= 4 is 39.3 Å². The third-order valence-corrected chi connectivity index (χ3v) is 6.01. The van der Waals surface area contributed by atoms with E-state index in [-0.39, 0.29) is 6.42 Å². The molecule has 0 saturated heterocycles. The van der Waals surface area contributed by atoms with Crippen molar-refractivity contribution in [2.45, 2.75) is 40.2 Å². The van der Waals surface area contributed by atoms with Crippen molar-refractivity contribution in [1.29, 1.82) is 0 Å². The number of aliphatic carboxylic acids is 1. The van der Waals surface area contributed by atoms with E-state index in [9.17, 15) is 14.7 Å². The lowest BCUT2D eigenvalue weighted by atomic mass is 9.98. The number of carbonyl (C=O) groups is 2. The first-order valence-corrected chi connectivity index (χ1v) is 11.2. The fourth-order valence-corrected chi connectivity index (χ4v) is 4.27. The number of aryl methyl sites for hydroxylation is 2. The Morgan fingerprint density at radius 1 is 1.24 bits per heavy atom. The lowest BCUT2D eigenvalue weighted by Gasteiger charge is -2.16. The van der Waals surface area contributed by atoms with Gasteiger partial charge in [0.2, 0.25) is 5.91 Å². The molecular weight excluding hydrogens is 432 g/mol. The molecule has 2 aromatic heterocycles. The number of hydrogen-bond donors (Lipinski definition) is 3. The maximum Gasteiger partial charge on any atom is 0.326 e. The molecular formula is C27H28N2O5. The summed E-state index contributed by atoms with van der Waals surface area (Å²) in [5.41, 5.74) is 5.80. The summed E-state index contributed by atoms with van der Waals surface area (Å²) in [5.74, 6) is -0.917. The number of hydrogen-bond acceptors (Lipinski definition) is 4. The second-order valence-corrected chi connectivity index (χ2v) is 8.40. The SMILES string of the molecule is CCOc1c(/C(C)=C/C(=O)NC(Cc2c[nH]c3ccccc23)C(=O)O)cc2c(C)coc2c1C. The van der Waals surface area contributed by atoms with Crippen LogP contribution in [-0.4, -0.2) is 34.6 Å². The molecule has 0 fully saturated rings. The summed E-state index contributed by atoms with van der Waals surface area (Å²) in [6.07, 6.45) is 5.07. The molecule has 1 unspecified atom stereocenters. The van der Waals surface area contributed by atoms with Gasteiger partial charge in [-0.1, -0.05) is 18.2 Å². The van der Waals surface area contributed by atoms with Crippen LogP contribution in [0.4, 0.5) is 0 Å². The van der Waals surface area contributed by atoms with Crippen LogP contribution in [0.5, 0.6) is 5.75 Å². The predicted octanol–water partition coefficient (Wildman–Crippen LogP) is 5.15. The number of nitrogens with one attached hydrogen (secondary N) is 2. The van der Waals surface area contributed by atoms with Crippen LogP contribution >= 0.6 is 0 Å². The monoisotopic (exact) mass is 460 g/mol. The lowest BCUT2D eigenvalue weighted by molar-refractivity contribution is -0.141. The predicted molar refractivity (Wildman–Crippen MR) is 132 cm³/mol. The third-order valence-electron chi connectivity index (χ3n) is 6.01. The molecule has 2 heterocycles. The van der Waals surface area contributed by atoms with E-state index in [4.69, 9.17) is 9.15 Å². The van der Waals surface area contributed by atoms with E-state index in [1.165, 1.54) is 6.08 Å². The van der Waals surface area contributed by atoms with Crippen molar-refractivity contribution < 1.29 is 23.8 Å². The maximum atomic E-state index is 12.9. The first-order chi connectivity index (χ1) is 16.3. The molecule has 1 atom stereocenters. The molecule has 0 aliphatic rings. The van der Waals surface area contributed by atoms with Crippen LogP contribution in [0.3, 0.4) is 0 Å². The zero-order valence-electron chi connectivity index (χ0n) is 19.7. The zero-order chi connectivity index (χ0) is 24.4. The van der Waals surface area contributed by atoms with E-state index in [1.54, 1.807) is 12.5 Å². The Bertz CT molecular complexity index is 1410. The molecule has 0 aliphatic carbocycles. The Balaban J connectivity index is 1.61. The summed E-state index contributed by atoms with van der Waals surface area (Å²) in [6, 6.07) is 8.55. The van der Waals surface area contributed by atoms with Gasteiger partial charge in [0.25, 0.3) is 0 Å². The van der Waals surface area contributed by atoms with Gasteiger partial charge < -0.3 is 24.6 Å². The van der Waals surface area contributed by atoms with Crippen LogP contribution in [0.2, 0.25) is 0 Å². The molecule has 0 bridgehead atoms. The topological polar surface area (TPSA) is 105 Å². The van der Waals surface area contributed by atoms with E-state index in [1.807, 2.05) is 58.0 Å². The van der Waals surface area contributed by atoms with E-state index < -0.39 is 17.9 Å². The number of ether oxygens (including phenoxy) is 1. The van der Waals surface area contributed by atoms with Crippen LogP contribution in [0.15, 0.2) is 53.3 Å². The average Bonchev–Trinajstić information content (AvgIpc) is 3.38. The molecule has 7 nitrogen and oxygen atoms in total. The quantitative estimate of drug-likeness (QED) is 0.316. The van der Waals surface area contributed by atoms with Crippen molar-refractivity contribution in [2.24, 2.45) is 0 Å². The lowest BCUT2D eigenvalue weighted by Crippen LogP contribution is -2.41. The number of allylic oxidation sites excluding steroid dienone is 1. The molecule has 7 heteroatoms. The van der Waals surface area contributed by atoms with Gasteiger partial charge in [-0.15, -0.1) is 0 Å². The number of aromatic nitrogens is 1. The summed E-state index contributed by atoms with van der Waals surface area (Å²) in [7, 11) is 0. The maximum absolute atomic E-state index is 12.9. The number of fused-ring (bicyclic) bond motifs is 2. The highest BCUT2D eigenvalue weighted by molar-refractivity contribution is 5.99. The summed E-state index contributed by atoms with van der Waals surface area (Å²) in [5, 5.41) is 14.3. The van der Waals surface area contributed by atoms with Crippen molar-refractivity contribution in [2.75, 3.05) is 6.61 Å². The normalized spacial score (nSPS) is 12.8. The minimum atomic E-state index is -1.09. The highest BCUT2D eigenvalue weighted by Crippen LogP contribution is 2.37. The zero-order valence-corrected chi connectivity index (χ0v) is 19.7. The molecule has 0 radical (unpaired) electrons. The molecule has 3 N–H and O–H groups in total. The minimum Gasteiger partial charge on any atom is -0.493 e. The number of carboxylic acid groups (broad SMARTS) is 1. The number of rotatable bonds is 8. The van der Waals surface area contributed by atoms with Gasteiger partial charge in [0.15, 0.2) is 0 Å². The van der Waals surface area contributed by atoms with Gasteiger partial charge in [-0.2, -0.15) is 0 Å². The van der Waals surface area contributed by atoms with Crippen molar-refractivity contribution in [1.82, 2.24) is 10.3 Å². The number of H-pyrrole nitrogens is 1. The van der Waals surface area contributed by atoms with Crippen LogP contribution < -0.4 is 10.1 Å². The molecule has 0 spiro atoms. The number of para-hydroxylation sites is 1. The van der Waals surface area contributed by atoms with Gasteiger partial charge in [-0.25, -0.2) is 4.79 Å². The van der Waals surface area contributed by atoms with Gasteiger partial charge in [-0.3, -0.25) is 4.79 Å². The number of aromatic amines is 1. The van der Waals surface area contributed by atoms with Crippen molar-refractivity contribution in [3.05, 3.63) is 71.1 Å². The van der Waals surface area contributed by atoms with Gasteiger partial charge in [0.05, 0.1) is 12.9 Å². The largest absolute Gasteiger partial charge is 0.493 e. The molecule has 176 valence electrons. The summed E-state index contributed by atoms with van der Waals surface area (Å²) in [4.78, 5) is 27.9. The Morgan fingerprint density at radius 2 is 2.00 bits per heavy atom. The van der Waals surface area contributed by atoms with E-state index in [0.717, 1.165) is 44.1 Å². The Hall–Kier alpha value is -4.00. The minimum absolute atomic E-state index is 0.168. The summed E-state index contributed by atoms with van der Waals surface area (Å²) < 4.78 is 11.6. The van der Waals surface area contributed by atoms with Gasteiger partial charge >= 0.3 is 5.97 Å². The number of furan rings is 1. The van der Waals surface area contributed by atoms with Crippen LogP contribution in [0, 0.1) is 13.8 Å². The summed E-state index contributed by atoms with van der Waals surface area (Å²) >= 11 is 0. The molecule has 4 rings (SSSR count). The highest BCUT2D eigenvalue weighted by Gasteiger charge is 2.22. The van der Waals surface area contributed by atoms with Gasteiger partial charge in [0.1, 0.15) is 17.4 Å². The van der Waals surface area contributed by atoms with Crippen molar-refractivity contribution in [3.8, 4) is 5.75 Å². The van der Waals surface area contributed by atoms with Crippen LogP contribution in [-0.2, 0) is 16.0 Å². The van der Waals surface area contributed by atoms with Gasteiger partial charge in [-0.05, 0) is 56.5 Å². The molecule has 4 aromatic rings. The number of carboxylic acids is 1. The third kappa shape index (κ3) is 4.41. The number of benzene rings is 2. The van der Waals surface area contributed by atoms with Crippen LogP contribution in [0.25, 0.3) is 27.4 Å². The molecule has 0 saturated carbocycles. The molecule has 2 aromatic carbocycles. The van der Waals surface area contributed by atoms with Crippen LogP contribution in [0.1, 0.15) is 36.1 Å². The second kappa shape index (κ2) is 9.47. The van der Waals surface area contributed by atoms with Crippen molar-refractivity contribution in [3.63, 3.8) is 0 Å². The van der Waals surface area contributed by atoms with E-state index in [2.05, 4.69) is 10.3 Å². The first-order valence-electron chi connectivity index (χ1n) is 11.2. The average molecular weight is 461 g/mol. The van der Waals surface area contributed by atoms with E-state index >= 15 is 0 Å². The number of carbonyl (C=O) groups excluding carboxylic acids is 1.